The van der Waals surface area contributed by atoms with Gasteiger partial charge in [0.05, 0.1) is 58.8 Å². The Morgan fingerprint density at radius 1 is 1.12 bits per heavy atom. The van der Waals surface area contributed by atoms with Gasteiger partial charge in [-0.15, -0.1) is 5.10 Å². The zero-order valence-corrected chi connectivity index (χ0v) is 32.0. The fraction of sp³-hybridized carbons (Fsp3) is 0.583. The van der Waals surface area contributed by atoms with Crippen molar-refractivity contribution >= 4 is 31.4 Å². The highest BCUT2D eigenvalue weighted by Crippen LogP contribution is 2.38. The van der Waals surface area contributed by atoms with E-state index in [9.17, 15) is 5.26 Å². The number of fused-ring (bicyclic) bond motifs is 4. The quantitative estimate of drug-likeness (QED) is 0.201. The van der Waals surface area contributed by atoms with E-state index in [1.165, 1.54) is 0 Å². The van der Waals surface area contributed by atoms with Gasteiger partial charge < -0.3 is 18.6 Å². The van der Waals surface area contributed by atoms with E-state index in [-0.39, 0.29) is 23.9 Å². The Hall–Kier alpha value is -4.03. The number of nitriles is 1. The molecule has 4 aromatic rings. The smallest absolute Gasteiger partial charge is 0.241 e. The SMILES string of the molecule is Cc1nn(C)c2c1-c1cc3c(nn(C4CCCCO4)c3cn1)/C=C/c1c(OCC#N)nn(CCO[Si](C)(C)C(C)(C)C)c1CN(C)[C@@H](C)CO2. The molecule has 0 saturated carbocycles. The fourth-order valence-electron chi connectivity index (χ4n) is 6.25. The fourth-order valence-corrected chi connectivity index (χ4v) is 7.29. The lowest BCUT2D eigenvalue weighted by atomic mass is 10.1. The van der Waals surface area contributed by atoms with Crippen LogP contribution in [-0.2, 0) is 29.3 Å². The molecule has 268 valence electrons. The molecule has 4 aromatic heterocycles. The van der Waals surface area contributed by atoms with Gasteiger partial charge in [0.25, 0.3) is 0 Å². The molecule has 1 fully saturated rings. The normalized spacial score (nSPS) is 19.7. The molecule has 0 radical (unpaired) electrons. The molecule has 2 atom stereocenters. The van der Waals surface area contributed by atoms with Crippen molar-refractivity contribution in [2.45, 2.75) is 97.4 Å². The summed E-state index contributed by atoms with van der Waals surface area (Å²) >= 11 is 0. The van der Waals surface area contributed by atoms with E-state index in [1.807, 2.05) is 41.7 Å². The summed E-state index contributed by atoms with van der Waals surface area (Å²) in [5.41, 5.74) is 5.88. The number of hydrogen-bond donors (Lipinski definition) is 0. The van der Waals surface area contributed by atoms with Crippen LogP contribution in [0.2, 0.25) is 18.1 Å². The Balaban J connectivity index is 1.50. The molecule has 6 heterocycles. The van der Waals surface area contributed by atoms with E-state index >= 15 is 0 Å². The van der Waals surface area contributed by atoms with Crippen LogP contribution in [0.3, 0.4) is 0 Å². The number of pyridine rings is 1. The summed E-state index contributed by atoms with van der Waals surface area (Å²) in [5.74, 6) is 1.08. The second kappa shape index (κ2) is 14.3. The molecule has 0 amide bonds. The Labute approximate surface area is 295 Å². The van der Waals surface area contributed by atoms with Crippen molar-refractivity contribution < 1.29 is 18.6 Å². The summed E-state index contributed by atoms with van der Waals surface area (Å²) in [6.45, 7) is 18.0. The van der Waals surface area contributed by atoms with Gasteiger partial charge in [-0.2, -0.15) is 15.5 Å². The first kappa shape index (κ1) is 35.8. The Kier molecular flexibility index (Phi) is 10.2. The van der Waals surface area contributed by atoms with Crippen molar-refractivity contribution in [1.82, 2.24) is 39.2 Å². The molecule has 50 heavy (non-hydrogen) atoms. The Morgan fingerprint density at radius 3 is 2.64 bits per heavy atom. The van der Waals surface area contributed by atoms with Crippen LogP contribution in [0.4, 0.5) is 0 Å². The summed E-state index contributed by atoms with van der Waals surface area (Å²) in [5, 5.41) is 25.2. The van der Waals surface area contributed by atoms with E-state index in [0.29, 0.717) is 44.7 Å². The van der Waals surface area contributed by atoms with Crippen molar-refractivity contribution in [2.24, 2.45) is 7.05 Å². The van der Waals surface area contributed by atoms with E-state index in [2.05, 4.69) is 64.9 Å². The molecular formula is C36H51N9O4Si. The third-order valence-electron chi connectivity index (χ3n) is 10.4. The number of rotatable bonds is 7. The molecule has 0 aliphatic carbocycles. The minimum atomic E-state index is -1.98. The largest absolute Gasteiger partial charge is 0.476 e. The minimum Gasteiger partial charge on any atom is -0.476 e. The average Bonchev–Trinajstić information content (AvgIpc) is 3.70. The average molecular weight is 702 g/mol. The van der Waals surface area contributed by atoms with Crippen LogP contribution < -0.4 is 9.47 Å². The number of nitrogens with zero attached hydrogens (tertiary/aromatic N) is 9. The van der Waals surface area contributed by atoms with Crippen molar-refractivity contribution in [3.63, 3.8) is 0 Å². The van der Waals surface area contributed by atoms with E-state index in [0.717, 1.165) is 64.1 Å². The first-order valence-corrected chi connectivity index (χ1v) is 20.5. The third-order valence-corrected chi connectivity index (χ3v) is 14.9. The minimum absolute atomic E-state index is 0.0290. The maximum Gasteiger partial charge on any atom is 0.241 e. The molecule has 0 aromatic carbocycles. The van der Waals surface area contributed by atoms with Crippen LogP contribution in [0.15, 0.2) is 12.3 Å². The van der Waals surface area contributed by atoms with Gasteiger partial charge in [0.15, 0.2) is 21.2 Å². The van der Waals surface area contributed by atoms with Gasteiger partial charge in [-0.1, -0.05) is 20.8 Å². The van der Waals surface area contributed by atoms with Gasteiger partial charge in [-0.25, -0.2) is 9.36 Å². The summed E-state index contributed by atoms with van der Waals surface area (Å²) in [4.78, 5) is 7.16. The molecule has 14 heteroatoms. The zero-order valence-electron chi connectivity index (χ0n) is 31.0. The summed E-state index contributed by atoms with van der Waals surface area (Å²) < 4.78 is 31.0. The molecular weight excluding hydrogens is 651 g/mol. The lowest BCUT2D eigenvalue weighted by Crippen LogP contribution is -2.41. The molecule has 2 bridgehead atoms. The molecule has 0 N–H and O–H groups in total. The number of hydrogen-bond acceptors (Lipinski definition) is 10. The molecule has 1 saturated heterocycles. The standard InChI is InChI=1S/C36H51N9O4Si/c1-24-23-48-35-33(25(2)39-43(35)7)29-20-27-28(40-45(30(27)21-38-29)32-12-10-11-17-46-32)14-13-26-31(22-42(24)6)44(41-34(26)47-18-15-37)16-19-49-50(8,9)36(3,4)5/h13-14,20-21,24,32H,10-12,16-19,22-23H2,1-9H3/b14-13+/t24-,32?/m0/s1. The lowest BCUT2D eigenvalue weighted by molar-refractivity contribution is -0.0367. The van der Waals surface area contributed by atoms with Crippen LogP contribution in [0.25, 0.3) is 34.3 Å². The number of likely N-dealkylation sites (N-methyl/N-ethyl adjacent to an activating group) is 1. The third kappa shape index (κ3) is 7.09. The van der Waals surface area contributed by atoms with E-state index in [1.54, 1.807) is 4.68 Å². The van der Waals surface area contributed by atoms with Crippen molar-refractivity contribution in [2.75, 3.05) is 33.5 Å². The van der Waals surface area contributed by atoms with Gasteiger partial charge in [-0.3, -0.25) is 14.6 Å². The van der Waals surface area contributed by atoms with Crippen molar-refractivity contribution in [1.29, 1.82) is 5.26 Å². The number of aromatic nitrogens is 7. The first-order valence-electron chi connectivity index (χ1n) is 17.6. The van der Waals surface area contributed by atoms with E-state index in [4.69, 9.17) is 38.9 Å². The maximum atomic E-state index is 9.46. The predicted molar refractivity (Wildman–Crippen MR) is 195 cm³/mol. The number of aryl methyl sites for hydroxylation is 2. The van der Waals surface area contributed by atoms with Gasteiger partial charge in [0, 0.05) is 31.6 Å². The van der Waals surface area contributed by atoms with Gasteiger partial charge in [-0.05, 0) is 76.5 Å². The highest BCUT2D eigenvalue weighted by atomic mass is 28.4. The molecule has 6 rings (SSSR count). The van der Waals surface area contributed by atoms with Crippen molar-refractivity contribution in [3.05, 3.63) is 34.9 Å². The highest BCUT2D eigenvalue weighted by Gasteiger charge is 2.37. The lowest BCUT2D eigenvalue weighted by Gasteiger charge is -2.36. The molecule has 1 unspecified atom stereocenters. The van der Waals surface area contributed by atoms with Gasteiger partial charge >= 0.3 is 0 Å². The van der Waals surface area contributed by atoms with Gasteiger partial charge in [0.2, 0.25) is 11.8 Å². The van der Waals surface area contributed by atoms with Crippen LogP contribution in [-0.4, -0.2) is 87.1 Å². The van der Waals surface area contributed by atoms with Crippen LogP contribution >= 0.6 is 0 Å². The second-order valence-corrected chi connectivity index (χ2v) is 19.8. The van der Waals surface area contributed by atoms with Crippen LogP contribution in [0.5, 0.6) is 11.8 Å². The monoisotopic (exact) mass is 701 g/mol. The van der Waals surface area contributed by atoms with Crippen LogP contribution in [0, 0.1) is 18.3 Å². The topological polar surface area (TPSA) is 130 Å². The van der Waals surface area contributed by atoms with Crippen LogP contribution in [0.1, 0.15) is 75.8 Å². The maximum absolute atomic E-state index is 9.46. The molecule has 2 aliphatic heterocycles. The highest BCUT2D eigenvalue weighted by molar-refractivity contribution is 6.74. The molecule has 2 aliphatic rings. The molecule has 0 spiro atoms. The molecule has 13 nitrogen and oxygen atoms in total. The van der Waals surface area contributed by atoms with Gasteiger partial charge in [0.1, 0.15) is 12.7 Å². The van der Waals surface area contributed by atoms with Crippen molar-refractivity contribution in [3.8, 4) is 29.1 Å². The zero-order chi connectivity index (χ0) is 35.8. The Morgan fingerprint density at radius 2 is 1.92 bits per heavy atom. The first-order chi connectivity index (χ1) is 23.8. The Bertz CT molecular complexity index is 1910. The summed E-state index contributed by atoms with van der Waals surface area (Å²) in [6, 6.07) is 4.21. The predicted octanol–water partition coefficient (Wildman–Crippen LogP) is 6.34. The van der Waals surface area contributed by atoms with E-state index < -0.39 is 8.32 Å². The summed E-state index contributed by atoms with van der Waals surface area (Å²) in [7, 11) is 2.00. The summed E-state index contributed by atoms with van der Waals surface area (Å²) in [6.07, 6.45) is 8.74. The second-order valence-electron chi connectivity index (χ2n) is 15.0. The number of ether oxygens (including phenoxy) is 3.